The Hall–Kier alpha value is -1.76. The van der Waals surface area contributed by atoms with Gasteiger partial charge < -0.3 is 20.5 Å². The second-order valence-electron chi connectivity index (χ2n) is 6.56. The van der Waals surface area contributed by atoms with Crippen molar-refractivity contribution in [2.24, 2.45) is 0 Å². The van der Waals surface area contributed by atoms with Gasteiger partial charge in [0.15, 0.2) is 0 Å². The van der Waals surface area contributed by atoms with E-state index in [1.807, 2.05) is 18.2 Å². The van der Waals surface area contributed by atoms with Crippen molar-refractivity contribution in [3.8, 4) is 5.75 Å². The lowest BCUT2D eigenvalue weighted by molar-refractivity contribution is -0.138. The first kappa shape index (κ1) is 20.3. The summed E-state index contributed by atoms with van der Waals surface area (Å²) in [5, 5.41) is 13.6. The third-order valence-electron chi connectivity index (χ3n) is 3.38. The first-order valence-corrected chi connectivity index (χ1v) is 8.60. The van der Waals surface area contributed by atoms with Crippen LogP contribution in [0.3, 0.4) is 0 Å². The van der Waals surface area contributed by atoms with Gasteiger partial charge in [-0.15, -0.1) is 0 Å². The summed E-state index contributed by atoms with van der Waals surface area (Å²) >= 11 is 3.51. The Balaban J connectivity index is 2.33. The standard InChI is InChI=1S/C17H25BrN2O4/c1-11(15(21)22)20-16(23)19-8-5-9-24-14-7-6-12(10-13(14)18)17(2,3)4/h6-7,10-11H,5,8-9H2,1-4H3,(H,21,22)(H2,19,20,23). The van der Waals surface area contributed by atoms with Crippen molar-refractivity contribution in [1.29, 1.82) is 0 Å². The lowest BCUT2D eigenvalue weighted by atomic mass is 9.87. The van der Waals surface area contributed by atoms with Gasteiger partial charge in [-0.25, -0.2) is 4.79 Å². The zero-order chi connectivity index (χ0) is 18.3. The van der Waals surface area contributed by atoms with Gasteiger partial charge in [-0.1, -0.05) is 26.8 Å². The minimum Gasteiger partial charge on any atom is -0.492 e. The number of aliphatic carboxylic acids is 1. The fraction of sp³-hybridized carbons (Fsp3) is 0.529. The van der Waals surface area contributed by atoms with E-state index in [4.69, 9.17) is 9.84 Å². The van der Waals surface area contributed by atoms with E-state index in [1.54, 1.807) is 0 Å². The molecule has 1 aromatic carbocycles. The van der Waals surface area contributed by atoms with Crippen molar-refractivity contribution < 1.29 is 19.4 Å². The predicted molar refractivity (Wildman–Crippen MR) is 96.6 cm³/mol. The maximum atomic E-state index is 11.4. The molecule has 0 radical (unpaired) electrons. The number of amides is 2. The number of urea groups is 1. The lowest BCUT2D eigenvalue weighted by Gasteiger charge is -2.20. The molecule has 0 aromatic heterocycles. The highest BCUT2D eigenvalue weighted by Gasteiger charge is 2.15. The number of carbonyl (C=O) groups excluding carboxylic acids is 1. The van der Waals surface area contributed by atoms with Crippen molar-refractivity contribution in [3.63, 3.8) is 0 Å². The molecule has 0 saturated carbocycles. The fourth-order valence-corrected chi connectivity index (χ4v) is 2.34. The summed E-state index contributed by atoms with van der Waals surface area (Å²) in [6, 6.07) is 4.60. The van der Waals surface area contributed by atoms with Crippen LogP contribution < -0.4 is 15.4 Å². The number of carboxylic acid groups (broad SMARTS) is 1. The monoisotopic (exact) mass is 400 g/mol. The molecule has 3 N–H and O–H groups in total. The summed E-state index contributed by atoms with van der Waals surface area (Å²) in [6.45, 7) is 8.70. The summed E-state index contributed by atoms with van der Waals surface area (Å²) in [5.74, 6) is -0.316. The smallest absolute Gasteiger partial charge is 0.325 e. The molecule has 0 saturated heterocycles. The second-order valence-corrected chi connectivity index (χ2v) is 7.41. The van der Waals surface area contributed by atoms with E-state index in [2.05, 4.69) is 47.3 Å². The van der Waals surface area contributed by atoms with Crippen molar-refractivity contribution in [1.82, 2.24) is 10.6 Å². The Labute approximate surface area is 151 Å². The Morgan fingerprint density at radius 3 is 2.54 bits per heavy atom. The average molecular weight is 401 g/mol. The van der Waals surface area contributed by atoms with Crippen molar-refractivity contribution in [2.45, 2.75) is 45.6 Å². The highest BCUT2D eigenvalue weighted by Crippen LogP contribution is 2.31. The molecular weight excluding hydrogens is 376 g/mol. The number of hydrogen-bond acceptors (Lipinski definition) is 3. The van der Waals surface area contributed by atoms with Gasteiger partial charge in [-0.05, 0) is 52.4 Å². The lowest BCUT2D eigenvalue weighted by Crippen LogP contribution is -2.44. The second kappa shape index (κ2) is 8.92. The highest BCUT2D eigenvalue weighted by atomic mass is 79.9. The molecule has 0 bridgehead atoms. The van der Waals surface area contributed by atoms with E-state index in [1.165, 1.54) is 12.5 Å². The van der Waals surface area contributed by atoms with Crippen LogP contribution in [0.1, 0.15) is 39.7 Å². The molecule has 1 rings (SSSR count). The SMILES string of the molecule is CC(NC(=O)NCCCOc1ccc(C(C)(C)C)cc1Br)C(=O)O. The number of hydrogen-bond donors (Lipinski definition) is 3. The summed E-state index contributed by atoms with van der Waals surface area (Å²) in [5.41, 5.74) is 1.29. The highest BCUT2D eigenvalue weighted by molar-refractivity contribution is 9.10. The molecule has 0 aliphatic heterocycles. The molecule has 0 heterocycles. The van der Waals surface area contributed by atoms with E-state index in [0.717, 1.165) is 10.2 Å². The van der Waals surface area contributed by atoms with Gasteiger partial charge in [0.05, 0.1) is 11.1 Å². The third kappa shape index (κ3) is 6.78. The molecule has 0 fully saturated rings. The largest absolute Gasteiger partial charge is 0.492 e. The van der Waals surface area contributed by atoms with Gasteiger partial charge in [0.1, 0.15) is 11.8 Å². The van der Waals surface area contributed by atoms with Gasteiger partial charge in [-0.3, -0.25) is 4.79 Å². The molecule has 0 spiro atoms. The molecule has 0 aliphatic rings. The molecule has 1 atom stereocenters. The first-order valence-electron chi connectivity index (χ1n) is 7.81. The summed E-state index contributed by atoms with van der Waals surface area (Å²) in [4.78, 5) is 22.1. The normalized spacial score (nSPS) is 12.4. The van der Waals surface area contributed by atoms with Crippen LogP contribution in [0.15, 0.2) is 22.7 Å². The maximum absolute atomic E-state index is 11.4. The van der Waals surface area contributed by atoms with E-state index < -0.39 is 18.0 Å². The van der Waals surface area contributed by atoms with Gasteiger partial charge in [0.2, 0.25) is 0 Å². The molecule has 1 aromatic rings. The van der Waals surface area contributed by atoms with Crippen molar-refractivity contribution in [3.05, 3.63) is 28.2 Å². The summed E-state index contributed by atoms with van der Waals surface area (Å²) < 4.78 is 6.59. The summed E-state index contributed by atoms with van der Waals surface area (Å²) in [7, 11) is 0. The number of nitrogens with one attached hydrogen (secondary N) is 2. The quantitative estimate of drug-likeness (QED) is 0.612. The molecule has 2 amide bonds. The Morgan fingerprint density at radius 2 is 2.00 bits per heavy atom. The molecule has 134 valence electrons. The Morgan fingerprint density at radius 1 is 1.33 bits per heavy atom. The number of carbonyl (C=O) groups is 2. The topological polar surface area (TPSA) is 87.7 Å². The van der Waals surface area contributed by atoms with Crippen LogP contribution in [0.4, 0.5) is 4.79 Å². The minimum absolute atomic E-state index is 0.0748. The number of ether oxygens (including phenoxy) is 1. The van der Waals surface area contributed by atoms with E-state index in [0.29, 0.717) is 19.6 Å². The Kier molecular flexibility index (Phi) is 7.54. The molecule has 7 heteroatoms. The van der Waals surface area contributed by atoms with Crippen LogP contribution in [-0.2, 0) is 10.2 Å². The van der Waals surface area contributed by atoms with Crippen LogP contribution in [0, 0.1) is 0 Å². The summed E-state index contributed by atoms with van der Waals surface area (Å²) in [6.07, 6.45) is 0.613. The first-order chi connectivity index (χ1) is 11.1. The van der Waals surface area contributed by atoms with E-state index in [-0.39, 0.29) is 5.41 Å². The van der Waals surface area contributed by atoms with Crippen LogP contribution in [0.5, 0.6) is 5.75 Å². The number of carboxylic acids is 1. The van der Waals surface area contributed by atoms with Crippen LogP contribution in [-0.4, -0.2) is 36.3 Å². The number of benzene rings is 1. The molecular formula is C17H25BrN2O4. The molecule has 24 heavy (non-hydrogen) atoms. The minimum atomic E-state index is -1.07. The molecule has 1 unspecified atom stereocenters. The van der Waals surface area contributed by atoms with Crippen LogP contribution in [0.2, 0.25) is 0 Å². The van der Waals surface area contributed by atoms with Crippen LogP contribution in [0.25, 0.3) is 0 Å². The van der Waals surface area contributed by atoms with Gasteiger partial charge >= 0.3 is 12.0 Å². The molecule has 0 aliphatic carbocycles. The maximum Gasteiger partial charge on any atom is 0.325 e. The predicted octanol–water partition coefficient (Wildman–Crippen LogP) is 3.29. The van der Waals surface area contributed by atoms with Gasteiger partial charge in [0, 0.05) is 6.54 Å². The zero-order valence-corrected chi connectivity index (χ0v) is 16.1. The third-order valence-corrected chi connectivity index (χ3v) is 4.00. The number of rotatable bonds is 7. The van der Waals surface area contributed by atoms with Gasteiger partial charge in [0.25, 0.3) is 0 Å². The fourth-order valence-electron chi connectivity index (χ4n) is 1.85. The van der Waals surface area contributed by atoms with E-state index >= 15 is 0 Å². The van der Waals surface area contributed by atoms with Crippen molar-refractivity contribution >= 4 is 27.9 Å². The van der Waals surface area contributed by atoms with E-state index in [9.17, 15) is 9.59 Å². The zero-order valence-electron chi connectivity index (χ0n) is 14.5. The number of halogens is 1. The molecule has 6 nitrogen and oxygen atoms in total. The average Bonchev–Trinajstić information content (AvgIpc) is 2.47. The Bertz CT molecular complexity index is 584. The van der Waals surface area contributed by atoms with Crippen LogP contribution >= 0.6 is 15.9 Å². The van der Waals surface area contributed by atoms with Crippen molar-refractivity contribution in [2.75, 3.05) is 13.2 Å². The van der Waals surface area contributed by atoms with Gasteiger partial charge in [-0.2, -0.15) is 0 Å².